The van der Waals surface area contributed by atoms with Gasteiger partial charge in [-0.25, -0.2) is 19.9 Å². The molecule has 0 unspecified atom stereocenters. The van der Waals surface area contributed by atoms with Gasteiger partial charge in [-0.05, 0) is 132 Å². The Morgan fingerprint density at radius 2 is 0.556 bits per heavy atom. The molecule has 0 N–H and O–H groups in total. The monoisotopic (exact) mass is 1420 g/mol. The van der Waals surface area contributed by atoms with Crippen molar-refractivity contribution in [3.05, 3.63) is 366 Å². The van der Waals surface area contributed by atoms with Crippen LogP contribution in [0.1, 0.15) is 22.3 Å². The van der Waals surface area contributed by atoms with Crippen molar-refractivity contribution in [1.29, 1.82) is 10.5 Å². The van der Waals surface area contributed by atoms with Gasteiger partial charge in [0.05, 0.1) is 55.2 Å². The largest absolute Gasteiger partial charge is 0.309 e. The van der Waals surface area contributed by atoms with Crippen LogP contribution in [0.4, 0.5) is 0 Å². The van der Waals surface area contributed by atoms with Gasteiger partial charge in [0.15, 0.2) is 33.6 Å². The molecule has 11 nitrogen and oxygen atoms in total. The molecule has 0 aliphatic heterocycles. The smallest absolute Gasteiger partial charge is 0.164 e. The van der Waals surface area contributed by atoms with E-state index in [2.05, 4.69) is 312 Å². The van der Waals surface area contributed by atoms with Crippen molar-refractivity contribution in [3.8, 4) is 74.7 Å². The number of halogens is 2. The van der Waals surface area contributed by atoms with Crippen molar-refractivity contribution < 1.29 is 0 Å². The molecular weight excluding hydrogens is 1370 g/mol. The maximum Gasteiger partial charge on any atom is 0.164 e. The van der Waals surface area contributed by atoms with Crippen molar-refractivity contribution >= 4 is 132 Å². The number of rotatable bonds is 7. The van der Waals surface area contributed by atoms with Crippen LogP contribution in [0.5, 0.6) is 0 Å². The maximum absolute atomic E-state index is 11.7. The second-order valence-electron chi connectivity index (χ2n) is 26.9. The highest BCUT2D eigenvalue weighted by Gasteiger charge is 2.28. The Balaban J connectivity index is 0.000000148. The van der Waals surface area contributed by atoms with Crippen LogP contribution >= 0.6 is 23.2 Å². The zero-order valence-corrected chi connectivity index (χ0v) is 59.1. The van der Waals surface area contributed by atoms with Crippen LogP contribution in [-0.2, 0) is 6.42 Å². The lowest BCUT2D eigenvalue weighted by atomic mass is 10.0. The van der Waals surface area contributed by atoms with Crippen molar-refractivity contribution in [2.45, 2.75) is 6.42 Å². The van der Waals surface area contributed by atoms with Gasteiger partial charge >= 0.3 is 0 Å². The number of hydrogen-bond acceptors (Lipinski definition) is 6. The van der Waals surface area contributed by atoms with Crippen LogP contribution < -0.4 is 0 Å². The Labute approximate surface area is 628 Å². The van der Waals surface area contributed by atoms with E-state index in [1.54, 1.807) is 0 Å². The first-order chi connectivity index (χ1) is 53.3. The van der Waals surface area contributed by atoms with Crippen LogP contribution in [0.25, 0.3) is 172 Å². The third-order valence-electron chi connectivity index (χ3n) is 21.0. The molecule has 1 aliphatic carbocycles. The highest BCUT2D eigenvalue weighted by Crippen LogP contribution is 2.46. The fourth-order valence-corrected chi connectivity index (χ4v) is 16.7. The normalized spacial score (nSPS) is 11.7. The van der Waals surface area contributed by atoms with E-state index in [9.17, 15) is 5.26 Å². The molecule has 0 saturated carbocycles. The summed E-state index contributed by atoms with van der Waals surface area (Å²) in [7, 11) is 0. The molecule has 0 spiro atoms. The molecule has 0 atom stereocenters. The van der Waals surface area contributed by atoms with E-state index in [0.717, 1.165) is 105 Å². The number of hydrogen-bond donors (Lipinski definition) is 0. The van der Waals surface area contributed by atoms with Crippen LogP contribution in [0.2, 0.25) is 10.3 Å². The molecule has 1 aliphatic rings. The zero-order chi connectivity index (χ0) is 72.1. The quantitative estimate of drug-likeness (QED) is 0.146. The Morgan fingerprint density at radius 3 is 0.944 bits per heavy atom. The van der Waals surface area contributed by atoms with Gasteiger partial charge in [-0.15, -0.1) is 0 Å². The number of para-hydroxylation sites is 8. The van der Waals surface area contributed by atoms with Gasteiger partial charge in [0.2, 0.25) is 0 Å². The molecule has 0 radical (unpaired) electrons. The first-order valence-electron chi connectivity index (χ1n) is 35.7. The molecule has 14 aromatic carbocycles. The molecular formula is C95H57Cl2N11. The fourth-order valence-electron chi connectivity index (χ4n) is 16.3. The first-order valence-corrected chi connectivity index (χ1v) is 36.4. The minimum atomic E-state index is 0.0707. The van der Waals surface area contributed by atoms with E-state index in [-0.39, 0.29) is 15.9 Å². The molecule has 0 saturated heterocycles. The second kappa shape index (κ2) is 25.9. The van der Waals surface area contributed by atoms with Gasteiger partial charge in [-0.2, -0.15) is 10.5 Å². The van der Waals surface area contributed by atoms with Gasteiger partial charge < -0.3 is 13.7 Å². The maximum atomic E-state index is 11.7. The minimum Gasteiger partial charge on any atom is -0.309 e. The summed E-state index contributed by atoms with van der Waals surface area (Å²) in [5.41, 5.74) is 21.9. The predicted molar refractivity (Wildman–Crippen MR) is 441 cm³/mol. The summed E-state index contributed by atoms with van der Waals surface area (Å²) in [6.07, 6.45) is 1.03. The highest BCUT2D eigenvalue weighted by atomic mass is 35.5. The predicted octanol–water partition coefficient (Wildman–Crippen LogP) is 24.1. The molecule has 13 heteroatoms. The van der Waals surface area contributed by atoms with Gasteiger partial charge in [0, 0.05) is 82.1 Å². The lowest BCUT2D eigenvalue weighted by Crippen LogP contribution is -2.11. The molecule has 21 aromatic rings. The summed E-state index contributed by atoms with van der Waals surface area (Å²) in [5, 5.41) is 32.2. The topological polar surface area (TPSA) is 124 Å². The zero-order valence-electron chi connectivity index (χ0n) is 57.6. The van der Waals surface area contributed by atoms with Crippen LogP contribution in [0, 0.1) is 22.7 Å². The second-order valence-corrected chi connectivity index (χ2v) is 27.6. The number of benzene rings is 14. The molecule has 108 heavy (non-hydrogen) atoms. The Hall–Kier alpha value is -14.2. The molecule has 22 rings (SSSR count). The first kappa shape index (κ1) is 63.5. The van der Waals surface area contributed by atoms with E-state index in [1.807, 2.05) is 66.7 Å². The Bertz CT molecular complexity index is 7030. The number of nitrogens with zero attached hydrogens (tertiary/aromatic N) is 11. The summed E-state index contributed by atoms with van der Waals surface area (Å²) >= 11 is 11.7. The van der Waals surface area contributed by atoms with Crippen molar-refractivity contribution in [3.63, 3.8) is 0 Å². The molecule has 0 bridgehead atoms. The van der Waals surface area contributed by atoms with Gasteiger partial charge in [0.25, 0.3) is 0 Å². The standard InChI is InChI=1S/C59H35N7.C25H17N.C11H5Cl2N3/c60-36-48-58(65-51-30-16-12-26-42(51)46-32-44-40-24-10-14-28-49(40)63(53(44)34-55(46)65)38-20-6-2-7-21-38)61-57(37-18-4-1-5-19-37)62-59(48)66-52-31-17-13-27-43(52)47-33-45-41-25-11-15-29-50(41)64(54(45)35-56(47)66)39-22-8-3-9-23-39;1-2-9-19(10-3-1)26-24-13-7-6-12-21(24)23-16-22-18(15-25(23)26)14-17-8-4-5-11-20(17)22;12-9-8(6-14)10(13)16-11(15-9)7-4-2-1-3-5-7/h1-35H;1-13,15-16H,14H2;1-5H. The molecule has 7 aromatic heterocycles. The SMILES string of the molecule is N#Cc1c(-n2c3ccccc3c3cc4c5ccccc5n(-c5ccccc5)c4cc32)nc(-c2ccccc2)nc1-n1c2ccccc2c2cc3c4ccccc4n(-c4ccccc4)c3cc21.N#Cc1c(Cl)nc(-c2ccccc2)nc1Cl.c1ccc(-n2c3ccccc3c3cc4c(cc32)Cc2ccccc2-4)cc1. The van der Waals surface area contributed by atoms with Gasteiger partial charge in [-0.1, -0.05) is 254 Å². The molecule has 506 valence electrons. The average molecular weight is 1420 g/mol. The highest BCUT2D eigenvalue weighted by molar-refractivity contribution is 6.35. The summed E-state index contributed by atoms with van der Waals surface area (Å²) in [6.45, 7) is 0. The number of aromatic nitrogens is 9. The average Bonchev–Trinajstić information content (AvgIpc) is 1.55. The van der Waals surface area contributed by atoms with E-state index in [4.69, 9.17) is 38.4 Å². The third kappa shape index (κ3) is 10.2. The molecule has 7 heterocycles. The third-order valence-corrected chi connectivity index (χ3v) is 21.5. The van der Waals surface area contributed by atoms with Crippen molar-refractivity contribution in [2.24, 2.45) is 0 Å². The minimum absolute atomic E-state index is 0.0707. The van der Waals surface area contributed by atoms with Crippen LogP contribution in [0.3, 0.4) is 0 Å². The van der Waals surface area contributed by atoms with Crippen LogP contribution in [-0.4, -0.2) is 42.8 Å². The Morgan fingerprint density at radius 1 is 0.250 bits per heavy atom. The van der Waals surface area contributed by atoms with Crippen LogP contribution in [0.15, 0.2) is 334 Å². The summed E-state index contributed by atoms with van der Waals surface area (Å²) in [5.74, 6) is 1.96. The lowest BCUT2D eigenvalue weighted by Gasteiger charge is -2.16. The molecule has 0 amide bonds. The summed E-state index contributed by atoms with van der Waals surface area (Å²) in [6, 6.07) is 121. The number of fused-ring (bicyclic) bond motifs is 18. The van der Waals surface area contributed by atoms with Crippen molar-refractivity contribution in [1.82, 2.24) is 42.8 Å². The van der Waals surface area contributed by atoms with Crippen molar-refractivity contribution in [2.75, 3.05) is 0 Å². The van der Waals surface area contributed by atoms with Gasteiger partial charge in [-0.3, -0.25) is 9.13 Å². The van der Waals surface area contributed by atoms with E-state index in [0.29, 0.717) is 28.8 Å². The summed E-state index contributed by atoms with van der Waals surface area (Å²) < 4.78 is 11.4. The fraction of sp³-hybridized carbons (Fsp3) is 0.0105. The summed E-state index contributed by atoms with van der Waals surface area (Å²) in [4.78, 5) is 18.9. The van der Waals surface area contributed by atoms with E-state index >= 15 is 0 Å². The molecule has 0 fully saturated rings. The Kier molecular flexibility index (Phi) is 15.2. The van der Waals surface area contributed by atoms with E-state index < -0.39 is 0 Å². The number of nitriles is 2. The van der Waals surface area contributed by atoms with E-state index in [1.165, 1.54) is 60.5 Å². The lowest BCUT2D eigenvalue weighted by molar-refractivity contribution is 0.981. The van der Waals surface area contributed by atoms with Gasteiger partial charge in [0.1, 0.15) is 23.3 Å².